The van der Waals surface area contributed by atoms with E-state index in [-0.39, 0.29) is 41.3 Å². The minimum Gasteiger partial charge on any atom is -0.461 e. The normalized spacial score (nSPS) is 33.9. The lowest BCUT2D eigenvalue weighted by Crippen LogP contribution is -2.39. The number of esters is 2. The topological polar surface area (TPSA) is 81.7 Å². The van der Waals surface area contributed by atoms with Crippen LogP contribution in [0.1, 0.15) is 17.5 Å². The average Bonchev–Trinajstić information content (AvgIpc) is 3.20. The van der Waals surface area contributed by atoms with Crippen LogP contribution in [0.25, 0.3) is 0 Å². The van der Waals surface area contributed by atoms with Gasteiger partial charge in [-0.1, -0.05) is 34.1 Å². The van der Waals surface area contributed by atoms with Gasteiger partial charge in [-0.25, -0.2) is 0 Å². The van der Waals surface area contributed by atoms with Gasteiger partial charge >= 0.3 is 11.9 Å². The summed E-state index contributed by atoms with van der Waals surface area (Å²) >= 11 is 3.56. The van der Waals surface area contributed by atoms with E-state index in [0.717, 1.165) is 23.2 Å². The second-order valence-electron chi connectivity index (χ2n) is 7.38. The third-order valence-electron chi connectivity index (χ3n) is 5.89. The Bertz CT molecular complexity index is 774. The summed E-state index contributed by atoms with van der Waals surface area (Å²) in [4.78, 5) is 36.8. The molecule has 2 aliphatic carbocycles. The van der Waals surface area contributed by atoms with Gasteiger partial charge in [0.05, 0.1) is 16.7 Å². The van der Waals surface area contributed by atoms with Crippen LogP contribution in [0.15, 0.2) is 18.2 Å². The molecule has 1 amide bonds. The number of amides is 1. The van der Waals surface area contributed by atoms with Crippen LogP contribution in [0, 0.1) is 37.5 Å². The highest BCUT2D eigenvalue weighted by molar-refractivity contribution is 9.09. The summed E-state index contributed by atoms with van der Waals surface area (Å²) in [6.45, 7) is 3.45. The second-order valence-corrected chi connectivity index (χ2v) is 8.44. The standard InChI is InChI=1S/C19H20BrNO5/c1-8-4-3-5-9(2)16(8)21-12(22)7-25-18(23)13-10-6-11-14(13)19(24)26-17(11)15(10)20/h3-5,10-11,13-15,17H,6-7H2,1-2H3,(H,21,22)/t10-,11-,13-,14+,15+,17+/m1/s1. The minimum atomic E-state index is -0.524. The first-order chi connectivity index (χ1) is 12.4. The Balaban J connectivity index is 1.39. The van der Waals surface area contributed by atoms with Crippen molar-refractivity contribution in [3.63, 3.8) is 0 Å². The van der Waals surface area contributed by atoms with E-state index in [2.05, 4.69) is 21.2 Å². The van der Waals surface area contributed by atoms with Gasteiger partial charge in [-0.05, 0) is 37.3 Å². The van der Waals surface area contributed by atoms with Gasteiger partial charge in [0.25, 0.3) is 5.91 Å². The van der Waals surface area contributed by atoms with Gasteiger partial charge < -0.3 is 14.8 Å². The average molecular weight is 422 g/mol. The maximum absolute atomic E-state index is 12.6. The lowest BCUT2D eigenvalue weighted by atomic mass is 9.80. The predicted octanol–water partition coefficient (Wildman–Crippen LogP) is 2.36. The number of para-hydroxylation sites is 1. The summed E-state index contributed by atoms with van der Waals surface area (Å²) in [5.74, 6) is -2.03. The fourth-order valence-electron chi connectivity index (χ4n) is 4.71. The molecule has 2 saturated carbocycles. The van der Waals surface area contributed by atoms with Crippen LogP contribution in [0.3, 0.4) is 0 Å². The van der Waals surface area contributed by atoms with Crippen molar-refractivity contribution < 1.29 is 23.9 Å². The summed E-state index contributed by atoms with van der Waals surface area (Å²) in [7, 11) is 0. The zero-order valence-electron chi connectivity index (χ0n) is 14.5. The summed E-state index contributed by atoms with van der Waals surface area (Å²) in [6.07, 6.45) is 0.652. The molecule has 2 bridgehead atoms. The Morgan fingerprint density at radius 2 is 1.96 bits per heavy atom. The largest absolute Gasteiger partial charge is 0.461 e. The second kappa shape index (κ2) is 6.37. The fourth-order valence-corrected chi connectivity index (χ4v) is 5.76. The van der Waals surface area contributed by atoms with Crippen molar-refractivity contribution in [2.24, 2.45) is 23.7 Å². The molecule has 26 heavy (non-hydrogen) atoms. The maximum atomic E-state index is 12.6. The minimum absolute atomic E-state index is 0.0174. The number of benzene rings is 1. The monoisotopic (exact) mass is 421 g/mol. The van der Waals surface area contributed by atoms with Crippen LogP contribution >= 0.6 is 15.9 Å². The lowest BCUT2D eigenvalue weighted by Gasteiger charge is -2.26. The smallest absolute Gasteiger partial charge is 0.310 e. The Kier molecular flexibility index (Phi) is 4.29. The molecule has 1 aliphatic heterocycles. The summed E-state index contributed by atoms with van der Waals surface area (Å²) in [5.41, 5.74) is 2.62. The van der Waals surface area contributed by atoms with Gasteiger partial charge in [-0.2, -0.15) is 0 Å². The van der Waals surface area contributed by atoms with E-state index in [1.54, 1.807) is 0 Å². The number of carbonyl (C=O) groups excluding carboxylic acids is 3. The van der Waals surface area contributed by atoms with Crippen LogP contribution in [-0.4, -0.2) is 35.4 Å². The molecule has 1 aromatic carbocycles. The third-order valence-corrected chi connectivity index (χ3v) is 7.09. The molecule has 3 fully saturated rings. The summed E-state index contributed by atoms with van der Waals surface area (Å²) < 4.78 is 10.6. The molecule has 7 heteroatoms. The SMILES string of the molecule is Cc1cccc(C)c1NC(=O)COC(=O)[C@@H]1[C@H]2C[C@H]3[C@H](OC(=O)[C@@H]31)[C@H]2Br. The van der Waals surface area contributed by atoms with Gasteiger partial charge in [0.2, 0.25) is 0 Å². The molecule has 3 aliphatic rings. The zero-order chi connectivity index (χ0) is 18.6. The number of halogens is 1. The number of rotatable bonds is 4. The molecule has 0 radical (unpaired) electrons. The molecular formula is C19H20BrNO5. The molecular weight excluding hydrogens is 402 g/mol. The van der Waals surface area contributed by atoms with Crippen molar-refractivity contribution in [1.29, 1.82) is 0 Å². The number of ether oxygens (including phenoxy) is 2. The number of nitrogens with one attached hydrogen (secondary N) is 1. The fraction of sp³-hybridized carbons (Fsp3) is 0.526. The van der Waals surface area contributed by atoms with E-state index in [9.17, 15) is 14.4 Å². The number of anilines is 1. The van der Waals surface area contributed by atoms with Crippen LogP contribution in [-0.2, 0) is 23.9 Å². The molecule has 1 saturated heterocycles. The Morgan fingerprint density at radius 3 is 2.65 bits per heavy atom. The highest BCUT2D eigenvalue weighted by atomic mass is 79.9. The first-order valence-corrected chi connectivity index (χ1v) is 9.67. The Hall–Kier alpha value is -1.89. The van der Waals surface area contributed by atoms with Crippen molar-refractivity contribution in [3.05, 3.63) is 29.3 Å². The van der Waals surface area contributed by atoms with E-state index in [0.29, 0.717) is 0 Å². The number of hydrogen-bond acceptors (Lipinski definition) is 5. The molecule has 4 rings (SSSR count). The molecule has 1 aromatic rings. The van der Waals surface area contributed by atoms with Gasteiger partial charge in [-0.3, -0.25) is 14.4 Å². The molecule has 1 heterocycles. The van der Waals surface area contributed by atoms with E-state index >= 15 is 0 Å². The number of carbonyl (C=O) groups is 3. The van der Waals surface area contributed by atoms with Gasteiger partial charge in [0, 0.05) is 11.6 Å². The van der Waals surface area contributed by atoms with Crippen LogP contribution in [0.2, 0.25) is 0 Å². The highest BCUT2D eigenvalue weighted by Crippen LogP contribution is 2.60. The number of fused-ring (bicyclic) bond motifs is 1. The number of alkyl halides is 1. The molecule has 0 spiro atoms. The van der Waals surface area contributed by atoms with Crippen molar-refractivity contribution >= 4 is 39.5 Å². The maximum Gasteiger partial charge on any atom is 0.310 e. The van der Waals surface area contributed by atoms with Crippen LogP contribution < -0.4 is 5.32 Å². The summed E-state index contributed by atoms with van der Waals surface area (Å²) in [6, 6.07) is 5.73. The van der Waals surface area contributed by atoms with Gasteiger partial charge in [0.1, 0.15) is 6.10 Å². The number of aryl methyl sites for hydroxylation is 2. The van der Waals surface area contributed by atoms with Gasteiger partial charge in [-0.15, -0.1) is 0 Å². The van der Waals surface area contributed by atoms with E-state index in [4.69, 9.17) is 9.47 Å². The van der Waals surface area contributed by atoms with E-state index in [1.807, 2.05) is 32.0 Å². The summed E-state index contributed by atoms with van der Waals surface area (Å²) in [5, 5.41) is 2.79. The molecule has 0 unspecified atom stereocenters. The van der Waals surface area contributed by atoms with Crippen molar-refractivity contribution in [3.8, 4) is 0 Å². The van der Waals surface area contributed by atoms with Crippen molar-refractivity contribution in [1.82, 2.24) is 0 Å². The van der Waals surface area contributed by atoms with Crippen LogP contribution in [0.4, 0.5) is 5.69 Å². The Labute approximate surface area is 159 Å². The molecule has 6 atom stereocenters. The quantitative estimate of drug-likeness (QED) is 0.595. The van der Waals surface area contributed by atoms with E-state index < -0.39 is 17.8 Å². The van der Waals surface area contributed by atoms with Crippen LogP contribution in [0.5, 0.6) is 0 Å². The molecule has 0 aromatic heterocycles. The van der Waals surface area contributed by atoms with Gasteiger partial charge in [0.15, 0.2) is 6.61 Å². The molecule has 138 valence electrons. The predicted molar refractivity (Wildman–Crippen MR) is 96.7 cm³/mol. The first kappa shape index (κ1) is 17.5. The third kappa shape index (κ3) is 2.64. The van der Waals surface area contributed by atoms with Crippen molar-refractivity contribution in [2.45, 2.75) is 31.2 Å². The zero-order valence-corrected chi connectivity index (χ0v) is 16.1. The van der Waals surface area contributed by atoms with E-state index in [1.165, 1.54) is 0 Å². The first-order valence-electron chi connectivity index (χ1n) is 8.75. The van der Waals surface area contributed by atoms with Crippen molar-refractivity contribution in [2.75, 3.05) is 11.9 Å². The molecule has 6 nitrogen and oxygen atoms in total. The molecule has 1 N–H and O–H groups in total. The lowest BCUT2D eigenvalue weighted by molar-refractivity contribution is -0.157. The highest BCUT2D eigenvalue weighted by Gasteiger charge is 2.68. The Morgan fingerprint density at radius 1 is 1.27 bits per heavy atom. The number of hydrogen-bond donors (Lipinski definition) is 1.